The van der Waals surface area contributed by atoms with Crippen LogP contribution in [0.25, 0.3) is 0 Å². The van der Waals surface area contributed by atoms with Gasteiger partial charge in [-0.15, -0.1) is 0 Å². The Balaban J connectivity index is 1.85. The van der Waals surface area contributed by atoms with Crippen LogP contribution in [0.15, 0.2) is 30.3 Å². The summed E-state index contributed by atoms with van der Waals surface area (Å²) in [6.07, 6.45) is 2.91. The van der Waals surface area contributed by atoms with Crippen LogP contribution in [-0.4, -0.2) is 16.7 Å². The minimum atomic E-state index is -1.53. The van der Waals surface area contributed by atoms with E-state index in [1.807, 2.05) is 30.3 Å². The Bertz CT molecular complexity index is 582. The van der Waals surface area contributed by atoms with Gasteiger partial charge in [0.2, 0.25) is 0 Å². The largest absolute Gasteiger partial charge is 0.481 e. The molecule has 0 bridgehead atoms. The number of halogens is 1. The van der Waals surface area contributed by atoms with Crippen molar-refractivity contribution in [3.8, 4) is 11.8 Å². The number of aliphatic carboxylic acids is 1. The first-order chi connectivity index (χ1) is 10.1. The Morgan fingerprint density at radius 3 is 2.57 bits per heavy atom. The van der Waals surface area contributed by atoms with Gasteiger partial charge in [-0.25, -0.2) is 4.39 Å². The van der Waals surface area contributed by atoms with Gasteiger partial charge < -0.3 is 5.11 Å². The molecule has 2 aliphatic rings. The van der Waals surface area contributed by atoms with Gasteiger partial charge >= 0.3 is 5.97 Å². The summed E-state index contributed by atoms with van der Waals surface area (Å²) in [5, 5.41) is 9.41. The summed E-state index contributed by atoms with van der Waals surface area (Å²) >= 11 is 0. The molecule has 110 valence electrons. The average molecular weight is 286 g/mol. The third kappa shape index (κ3) is 3.26. The molecule has 0 heterocycles. The van der Waals surface area contributed by atoms with Crippen molar-refractivity contribution in [1.82, 2.24) is 0 Å². The molecule has 0 aliphatic heterocycles. The van der Waals surface area contributed by atoms with Crippen LogP contribution in [0.4, 0.5) is 4.39 Å². The van der Waals surface area contributed by atoms with E-state index in [9.17, 15) is 14.3 Å². The van der Waals surface area contributed by atoms with Gasteiger partial charge in [-0.2, -0.15) is 0 Å². The number of alkyl halides is 1. The zero-order chi connectivity index (χ0) is 14.9. The van der Waals surface area contributed by atoms with E-state index in [-0.39, 0.29) is 18.8 Å². The minimum Gasteiger partial charge on any atom is -0.481 e. The lowest BCUT2D eigenvalue weighted by molar-refractivity contribution is -0.144. The van der Waals surface area contributed by atoms with E-state index in [2.05, 4.69) is 11.8 Å². The van der Waals surface area contributed by atoms with Crippen molar-refractivity contribution < 1.29 is 14.3 Å². The molecule has 0 spiro atoms. The van der Waals surface area contributed by atoms with Crippen LogP contribution < -0.4 is 0 Å². The predicted octanol–water partition coefficient (Wildman–Crippen LogP) is 3.78. The molecule has 2 fully saturated rings. The van der Waals surface area contributed by atoms with Crippen LogP contribution in [-0.2, 0) is 4.79 Å². The first kappa shape index (κ1) is 14.1. The fraction of sp³-hybridized carbons (Fsp3) is 0.500. The third-order valence-electron chi connectivity index (χ3n) is 4.50. The zero-order valence-corrected chi connectivity index (χ0v) is 11.9. The summed E-state index contributed by atoms with van der Waals surface area (Å²) in [4.78, 5) is 11.5. The second-order valence-corrected chi connectivity index (χ2v) is 6.21. The summed E-state index contributed by atoms with van der Waals surface area (Å²) in [6, 6.07) is 9.41. The molecule has 2 saturated carbocycles. The van der Waals surface area contributed by atoms with Crippen LogP contribution in [0.5, 0.6) is 0 Å². The van der Waals surface area contributed by atoms with Crippen LogP contribution in [0.3, 0.4) is 0 Å². The van der Waals surface area contributed by atoms with Gasteiger partial charge in [-0.05, 0) is 31.2 Å². The topological polar surface area (TPSA) is 37.3 Å². The van der Waals surface area contributed by atoms with Gasteiger partial charge in [-0.3, -0.25) is 4.79 Å². The molecule has 2 nitrogen and oxygen atoms in total. The SMILES string of the molecule is O=C(O)[C@@H]1CCC(F)(C#CC2CC2)C[C@H]1c1ccccc1. The highest BCUT2D eigenvalue weighted by atomic mass is 19.1. The lowest BCUT2D eigenvalue weighted by atomic mass is 9.70. The second-order valence-electron chi connectivity index (χ2n) is 6.21. The Labute approximate surface area is 124 Å². The quantitative estimate of drug-likeness (QED) is 0.840. The maximum absolute atomic E-state index is 15.0. The van der Waals surface area contributed by atoms with Crippen LogP contribution >= 0.6 is 0 Å². The van der Waals surface area contributed by atoms with Gasteiger partial charge in [0.25, 0.3) is 0 Å². The van der Waals surface area contributed by atoms with Gasteiger partial charge in [0.15, 0.2) is 5.67 Å². The molecular formula is C18H19FO2. The summed E-state index contributed by atoms with van der Waals surface area (Å²) in [5.41, 5.74) is -0.630. The Morgan fingerprint density at radius 2 is 1.95 bits per heavy atom. The van der Waals surface area contributed by atoms with Crippen LogP contribution in [0, 0.1) is 23.7 Å². The average Bonchev–Trinajstić information content (AvgIpc) is 3.30. The van der Waals surface area contributed by atoms with E-state index in [4.69, 9.17) is 0 Å². The molecule has 3 rings (SSSR count). The minimum absolute atomic E-state index is 0.188. The van der Waals surface area contributed by atoms with E-state index in [1.165, 1.54) is 0 Å². The normalized spacial score (nSPS) is 32.0. The van der Waals surface area contributed by atoms with Gasteiger partial charge in [0.1, 0.15) is 0 Å². The number of hydrogen-bond donors (Lipinski definition) is 1. The summed E-state index contributed by atoms with van der Waals surface area (Å²) < 4.78 is 15.0. The number of carbonyl (C=O) groups is 1. The van der Waals surface area contributed by atoms with Crippen molar-refractivity contribution in [3.05, 3.63) is 35.9 Å². The molecule has 0 amide bonds. The highest BCUT2D eigenvalue weighted by molar-refractivity contribution is 5.71. The number of rotatable bonds is 2. The van der Waals surface area contributed by atoms with Crippen molar-refractivity contribution in [2.45, 2.75) is 43.7 Å². The lowest BCUT2D eigenvalue weighted by Gasteiger charge is -2.35. The number of carboxylic acid groups (broad SMARTS) is 1. The molecule has 0 aromatic heterocycles. The van der Waals surface area contributed by atoms with E-state index < -0.39 is 17.6 Å². The van der Waals surface area contributed by atoms with Gasteiger partial charge in [0, 0.05) is 18.3 Å². The molecule has 1 aromatic rings. The molecule has 2 aliphatic carbocycles. The van der Waals surface area contributed by atoms with E-state index in [0.717, 1.165) is 18.4 Å². The molecule has 3 heteroatoms. The number of benzene rings is 1. The number of carboxylic acids is 1. The molecule has 1 N–H and O–H groups in total. The van der Waals surface area contributed by atoms with Crippen molar-refractivity contribution in [2.24, 2.45) is 11.8 Å². The Morgan fingerprint density at radius 1 is 1.24 bits per heavy atom. The van der Waals surface area contributed by atoms with Crippen LogP contribution in [0.1, 0.15) is 43.6 Å². The maximum Gasteiger partial charge on any atom is 0.307 e. The van der Waals surface area contributed by atoms with E-state index in [0.29, 0.717) is 12.3 Å². The van der Waals surface area contributed by atoms with Crippen molar-refractivity contribution in [2.75, 3.05) is 0 Å². The maximum atomic E-state index is 15.0. The third-order valence-corrected chi connectivity index (χ3v) is 4.50. The molecular weight excluding hydrogens is 267 g/mol. The van der Waals surface area contributed by atoms with Crippen LogP contribution in [0.2, 0.25) is 0 Å². The zero-order valence-electron chi connectivity index (χ0n) is 11.9. The molecule has 1 aromatic carbocycles. The molecule has 0 saturated heterocycles. The van der Waals surface area contributed by atoms with Crippen molar-refractivity contribution in [3.63, 3.8) is 0 Å². The highest BCUT2D eigenvalue weighted by Gasteiger charge is 2.43. The highest BCUT2D eigenvalue weighted by Crippen LogP contribution is 2.44. The number of hydrogen-bond acceptors (Lipinski definition) is 1. The Hall–Kier alpha value is -1.82. The lowest BCUT2D eigenvalue weighted by Crippen LogP contribution is -2.37. The summed E-state index contributed by atoms with van der Waals surface area (Å²) in [5.74, 6) is 4.54. The Kier molecular flexibility index (Phi) is 3.71. The molecule has 21 heavy (non-hydrogen) atoms. The smallest absolute Gasteiger partial charge is 0.307 e. The predicted molar refractivity (Wildman–Crippen MR) is 78.5 cm³/mol. The fourth-order valence-corrected chi connectivity index (χ4v) is 3.10. The van der Waals surface area contributed by atoms with Gasteiger partial charge in [0.05, 0.1) is 5.92 Å². The molecule has 0 radical (unpaired) electrons. The molecule has 1 unspecified atom stereocenters. The van der Waals surface area contributed by atoms with Gasteiger partial charge in [-0.1, -0.05) is 42.2 Å². The second kappa shape index (κ2) is 5.52. The first-order valence-corrected chi connectivity index (χ1v) is 7.57. The van der Waals surface area contributed by atoms with Crippen molar-refractivity contribution in [1.29, 1.82) is 0 Å². The first-order valence-electron chi connectivity index (χ1n) is 7.57. The van der Waals surface area contributed by atoms with E-state index in [1.54, 1.807) is 0 Å². The van der Waals surface area contributed by atoms with Crippen molar-refractivity contribution >= 4 is 5.97 Å². The summed E-state index contributed by atoms with van der Waals surface area (Å²) in [6.45, 7) is 0. The summed E-state index contributed by atoms with van der Waals surface area (Å²) in [7, 11) is 0. The van der Waals surface area contributed by atoms with E-state index >= 15 is 0 Å². The molecule has 3 atom stereocenters. The monoisotopic (exact) mass is 286 g/mol. The standard InChI is InChI=1S/C18H19FO2/c19-18(10-8-13-6-7-13)11-9-15(17(20)21)16(12-18)14-4-2-1-3-5-14/h1-5,13,15-16H,6-7,9,11-12H2,(H,20,21)/t15-,16+,18?/m1/s1. The fourth-order valence-electron chi connectivity index (χ4n) is 3.10.